The fraction of sp³-hybridized carbons (Fsp3) is 0.600. The van der Waals surface area contributed by atoms with Crippen LogP contribution >= 0.6 is 11.8 Å². The Morgan fingerprint density at radius 1 is 1.34 bits per heavy atom. The molecule has 2 aromatic rings. The first-order valence-electron chi connectivity index (χ1n) is 11.6. The normalized spacial score (nSPS) is 20.3. The second kappa shape index (κ2) is 12.4. The highest BCUT2D eigenvalue weighted by Gasteiger charge is 2.31. The second-order valence-electron chi connectivity index (χ2n) is 8.65. The van der Waals surface area contributed by atoms with Gasteiger partial charge in [-0.1, -0.05) is 6.92 Å². The van der Waals surface area contributed by atoms with Gasteiger partial charge in [0, 0.05) is 36.8 Å². The number of hydrogen-bond donors (Lipinski definition) is 1. The minimum absolute atomic E-state index is 0.0823. The van der Waals surface area contributed by atoms with Crippen LogP contribution in [-0.4, -0.2) is 59.2 Å². The molecule has 3 rings (SSSR count). The standard InChI is InChI=1S/C25H35FN2O3S/c1-3-13-32-14-12-28-11-9-18(19(17-28)15-25(29)30)4-6-23(26)21-8-10-27-24-7-5-20(31-2)16-22(21)24/h5,7-8,10,16,18-19,23H,3-4,6,9,11-15,17H2,1-2H3,(H,29,30)/t18-,19+,23?/m1/s1. The molecule has 1 saturated heterocycles. The molecule has 1 aliphatic heterocycles. The van der Waals surface area contributed by atoms with Gasteiger partial charge in [-0.15, -0.1) is 0 Å². The molecule has 1 unspecified atom stereocenters. The van der Waals surface area contributed by atoms with Crippen LogP contribution in [0.15, 0.2) is 30.5 Å². The highest BCUT2D eigenvalue weighted by Crippen LogP contribution is 2.36. The van der Waals surface area contributed by atoms with Crippen LogP contribution < -0.4 is 4.74 Å². The Morgan fingerprint density at radius 3 is 2.94 bits per heavy atom. The average Bonchev–Trinajstić information content (AvgIpc) is 2.80. The number of aromatic nitrogens is 1. The van der Waals surface area contributed by atoms with Gasteiger partial charge in [-0.3, -0.25) is 9.78 Å². The van der Waals surface area contributed by atoms with E-state index in [1.807, 2.05) is 30.0 Å². The molecule has 0 spiro atoms. The predicted molar refractivity (Wildman–Crippen MR) is 129 cm³/mol. The number of likely N-dealkylation sites (tertiary alicyclic amines) is 1. The molecular weight excluding hydrogens is 427 g/mol. The summed E-state index contributed by atoms with van der Waals surface area (Å²) in [7, 11) is 1.60. The number of aliphatic carboxylic acids is 1. The highest BCUT2D eigenvalue weighted by molar-refractivity contribution is 7.99. The molecule has 3 atom stereocenters. The second-order valence-corrected chi connectivity index (χ2v) is 9.87. The van der Waals surface area contributed by atoms with Crippen molar-refractivity contribution in [1.29, 1.82) is 0 Å². The molecule has 1 aromatic heterocycles. The Hall–Kier alpha value is -1.86. The van der Waals surface area contributed by atoms with E-state index in [1.165, 1.54) is 12.2 Å². The van der Waals surface area contributed by atoms with E-state index in [-0.39, 0.29) is 18.3 Å². The number of hydrogen-bond acceptors (Lipinski definition) is 5. The number of alkyl halides is 1. The first-order chi connectivity index (χ1) is 15.5. The number of pyridine rings is 1. The van der Waals surface area contributed by atoms with Gasteiger partial charge in [0.15, 0.2) is 0 Å². The fourth-order valence-corrected chi connectivity index (χ4v) is 5.58. The van der Waals surface area contributed by atoms with Gasteiger partial charge in [-0.2, -0.15) is 11.8 Å². The van der Waals surface area contributed by atoms with Crippen molar-refractivity contribution in [2.24, 2.45) is 11.8 Å². The molecule has 1 aromatic carbocycles. The number of rotatable bonds is 12. The van der Waals surface area contributed by atoms with Crippen molar-refractivity contribution in [3.63, 3.8) is 0 Å². The number of carbonyl (C=O) groups is 1. The van der Waals surface area contributed by atoms with Crippen LogP contribution in [0.3, 0.4) is 0 Å². The molecule has 0 amide bonds. The Labute approximate surface area is 194 Å². The van der Waals surface area contributed by atoms with Crippen LogP contribution in [0.1, 0.15) is 50.8 Å². The predicted octanol–water partition coefficient (Wildman–Crippen LogP) is 5.59. The highest BCUT2D eigenvalue weighted by atomic mass is 32.2. The van der Waals surface area contributed by atoms with Gasteiger partial charge in [0.25, 0.3) is 0 Å². The lowest BCUT2D eigenvalue weighted by atomic mass is 9.79. The number of benzene rings is 1. The van der Waals surface area contributed by atoms with Crippen molar-refractivity contribution in [2.45, 2.75) is 45.2 Å². The van der Waals surface area contributed by atoms with E-state index in [0.717, 1.165) is 42.7 Å². The summed E-state index contributed by atoms with van der Waals surface area (Å²) in [6.07, 6.45) is 3.91. The van der Waals surface area contributed by atoms with E-state index < -0.39 is 12.1 Å². The molecule has 0 saturated carbocycles. The van der Waals surface area contributed by atoms with Crippen molar-refractivity contribution in [1.82, 2.24) is 9.88 Å². The Bertz CT molecular complexity index is 881. The van der Waals surface area contributed by atoms with Gasteiger partial charge in [0.2, 0.25) is 0 Å². The van der Waals surface area contributed by atoms with Crippen molar-refractivity contribution in [3.05, 3.63) is 36.0 Å². The molecule has 5 nitrogen and oxygen atoms in total. The van der Waals surface area contributed by atoms with Crippen LogP contribution in [0.4, 0.5) is 4.39 Å². The third-order valence-corrected chi connectivity index (χ3v) is 7.59. The van der Waals surface area contributed by atoms with E-state index in [9.17, 15) is 9.90 Å². The zero-order valence-corrected chi connectivity index (χ0v) is 20.0. The summed E-state index contributed by atoms with van der Waals surface area (Å²) in [6.45, 7) is 4.96. The minimum Gasteiger partial charge on any atom is -0.497 e. The maximum atomic E-state index is 15.4. The van der Waals surface area contributed by atoms with Crippen molar-refractivity contribution in [2.75, 3.05) is 38.2 Å². The molecule has 7 heteroatoms. The Kier molecular flexibility index (Phi) is 9.60. The molecule has 32 heavy (non-hydrogen) atoms. The van der Waals surface area contributed by atoms with Gasteiger partial charge in [0.1, 0.15) is 11.9 Å². The maximum Gasteiger partial charge on any atom is 0.303 e. The van der Waals surface area contributed by atoms with Gasteiger partial charge in [-0.25, -0.2) is 4.39 Å². The van der Waals surface area contributed by atoms with Crippen molar-refractivity contribution < 1.29 is 19.0 Å². The summed E-state index contributed by atoms with van der Waals surface area (Å²) < 4.78 is 20.7. The van der Waals surface area contributed by atoms with Gasteiger partial charge in [-0.05, 0) is 79.6 Å². The largest absolute Gasteiger partial charge is 0.497 e. The molecule has 0 radical (unpaired) electrons. The fourth-order valence-electron chi connectivity index (χ4n) is 4.70. The Balaban J connectivity index is 1.62. The molecule has 1 N–H and O–H groups in total. The van der Waals surface area contributed by atoms with E-state index >= 15 is 4.39 Å². The van der Waals surface area contributed by atoms with Crippen LogP contribution in [0.5, 0.6) is 5.75 Å². The number of halogens is 1. The van der Waals surface area contributed by atoms with Crippen LogP contribution in [0, 0.1) is 11.8 Å². The molecule has 2 heterocycles. The molecule has 1 fully saturated rings. The van der Waals surface area contributed by atoms with Crippen LogP contribution in [0.25, 0.3) is 10.9 Å². The van der Waals surface area contributed by atoms with Gasteiger partial charge in [0.05, 0.1) is 12.6 Å². The quantitative estimate of drug-likeness (QED) is 0.415. The number of ether oxygens (including phenoxy) is 1. The van der Waals surface area contributed by atoms with Crippen molar-refractivity contribution in [3.8, 4) is 5.75 Å². The summed E-state index contributed by atoms with van der Waals surface area (Å²) in [4.78, 5) is 18.2. The van der Waals surface area contributed by atoms with Crippen LogP contribution in [0.2, 0.25) is 0 Å². The first-order valence-corrected chi connectivity index (χ1v) is 12.8. The first kappa shape index (κ1) is 24.8. The molecule has 0 bridgehead atoms. The third-order valence-electron chi connectivity index (χ3n) is 6.42. The zero-order valence-electron chi connectivity index (χ0n) is 19.1. The summed E-state index contributed by atoms with van der Waals surface area (Å²) in [5.74, 6) is 2.51. The summed E-state index contributed by atoms with van der Waals surface area (Å²) in [5.41, 5.74) is 1.39. The summed E-state index contributed by atoms with van der Waals surface area (Å²) in [6, 6.07) is 7.27. The number of fused-ring (bicyclic) bond motifs is 1. The number of thioether (sulfide) groups is 1. The number of piperidine rings is 1. The number of carboxylic acids is 1. The van der Waals surface area contributed by atoms with Gasteiger partial charge >= 0.3 is 5.97 Å². The summed E-state index contributed by atoms with van der Waals surface area (Å²) >= 11 is 1.96. The summed E-state index contributed by atoms with van der Waals surface area (Å²) in [5, 5.41) is 10.2. The monoisotopic (exact) mass is 462 g/mol. The average molecular weight is 463 g/mol. The number of nitrogens with zero attached hydrogens (tertiary/aromatic N) is 2. The lowest BCUT2D eigenvalue weighted by Crippen LogP contribution is -2.42. The van der Waals surface area contributed by atoms with E-state index in [1.54, 1.807) is 19.4 Å². The lowest BCUT2D eigenvalue weighted by Gasteiger charge is -2.38. The van der Waals surface area contributed by atoms with Gasteiger partial charge < -0.3 is 14.7 Å². The molecular formula is C25H35FN2O3S. The van der Waals surface area contributed by atoms with E-state index in [2.05, 4.69) is 16.8 Å². The smallest absolute Gasteiger partial charge is 0.303 e. The van der Waals surface area contributed by atoms with E-state index in [4.69, 9.17) is 4.74 Å². The van der Waals surface area contributed by atoms with Crippen LogP contribution in [-0.2, 0) is 4.79 Å². The Morgan fingerprint density at radius 2 is 2.19 bits per heavy atom. The number of carboxylic acid groups (broad SMARTS) is 1. The maximum absolute atomic E-state index is 15.4. The zero-order chi connectivity index (χ0) is 22.9. The number of methoxy groups -OCH3 is 1. The molecule has 176 valence electrons. The third kappa shape index (κ3) is 6.82. The van der Waals surface area contributed by atoms with Crippen molar-refractivity contribution >= 4 is 28.6 Å². The molecule has 0 aliphatic carbocycles. The molecule has 1 aliphatic rings. The topological polar surface area (TPSA) is 62.7 Å². The SMILES string of the molecule is CCCSCCN1CC[C@@H](CCC(F)c2ccnc3ccc(OC)cc23)[C@@H](CC(=O)O)C1. The lowest BCUT2D eigenvalue weighted by molar-refractivity contribution is -0.139. The van der Waals surface area contributed by atoms with E-state index in [0.29, 0.717) is 24.2 Å². The minimum atomic E-state index is -1.11.